The summed E-state index contributed by atoms with van der Waals surface area (Å²) in [4.78, 5) is 10.9. The van der Waals surface area contributed by atoms with Gasteiger partial charge >= 0.3 is 0 Å². The smallest absolute Gasteiger partial charge is 0.146 e. The molecule has 0 aromatic carbocycles. The average molecular weight is 197 g/mol. The summed E-state index contributed by atoms with van der Waals surface area (Å²) in [5.74, 6) is 1.84. The minimum atomic E-state index is -0.223. The number of carbonyl (C=O) groups excluding carboxylic acids is 1. The molecule has 0 heterocycles. The molecule has 2 atom stereocenters. The summed E-state index contributed by atoms with van der Waals surface area (Å²) in [5, 5.41) is 0. The van der Waals surface area contributed by atoms with E-state index in [-0.39, 0.29) is 11.8 Å². The molecule has 1 aliphatic rings. The van der Waals surface area contributed by atoms with Crippen LogP contribution in [0.1, 0.15) is 52.4 Å². The minimum Gasteiger partial charge on any atom is -0.322 e. The monoisotopic (exact) mass is 197 g/mol. The lowest BCUT2D eigenvalue weighted by Gasteiger charge is -2.28. The third-order valence-corrected chi connectivity index (χ3v) is 3.45. The predicted molar refractivity (Wildman–Crippen MR) is 59.0 cm³/mol. The lowest BCUT2D eigenvalue weighted by molar-refractivity contribution is -0.118. The van der Waals surface area contributed by atoms with Crippen molar-refractivity contribution in [2.24, 2.45) is 17.6 Å². The molecule has 1 fully saturated rings. The van der Waals surface area contributed by atoms with Gasteiger partial charge in [0.15, 0.2) is 0 Å². The van der Waals surface area contributed by atoms with E-state index in [4.69, 9.17) is 5.73 Å². The second-order valence-corrected chi connectivity index (χ2v) is 4.93. The Morgan fingerprint density at radius 1 is 1.43 bits per heavy atom. The van der Waals surface area contributed by atoms with Crippen molar-refractivity contribution in [3.8, 4) is 0 Å². The zero-order valence-corrected chi connectivity index (χ0v) is 9.46. The Balaban J connectivity index is 2.07. The average Bonchev–Trinajstić information content (AvgIpc) is 2.07. The first-order valence-corrected chi connectivity index (χ1v) is 5.85. The Bertz CT molecular complexity index is 187. The molecule has 0 bridgehead atoms. The normalized spacial score (nSPS) is 21.4. The molecule has 0 aromatic heterocycles. The first kappa shape index (κ1) is 11.7. The highest BCUT2D eigenvalue weighted by molar-refractivity contribution is 5.80. The molecular formula is C12H23NO. The fourth-order valence-corrected chi connectivity index (χ4v) is 2.08. The molecule has 2 N–H and O–H groups in total. The highest BCUT2D eigenvalue weighted by atomic mass is 16.1. The van der Waals surface area contributed by atoms with Crippen LogP contribution in [0.3, 0.4) is 0 Å². The topological polar surface area (TPSA) is 43.1 Å². The maximum atomic E-state index is 10.9. The van der Waals surface area contributed by atoms with Gasteiger partial charge in [-0.05, 0) is 38.0 Å². The van der Waals surface area contributed by atoms with Gasteiger partial charge in [-0.25, -0.2) is 0 Å². The van der Waals surface area contributed by atoms with Crippen LogP contribution in [0, 0.1) is 11.8 Å². The van der Waals surface area contributed by atoms with Gasteiger partial charge in [0.25, 0.3) is 0 Å². The lowest BCUT2D eigenvalue weighted by atomic mass is 9.78. The zero-order valence-electron chi connectivity index (χ0n) is 9.46. The molecular weight excluding hydrogens is 174 g/mol. The summed E-state index contributed by atoms with van der Waals surface area (Å²) in [5.41, 5.74) is 5.69. The molecule has 0 unspecified atom stereocenters. The minimum absolute atomic E-state index is 0.126. The second kappa shape index (κ2) is 5.50. The highest BCUT2D eigenvalue weighted by Gasteiger charge is 2.20. The van der Waals surface area contributed by atoms with Crippen LogP contribution in [0.4, 0.5) is 0 Å². The summed E-state index contributed by atoms with van der Waals surface area (Å²) < 4.78 is 0. The predicted octanol–water partition coefficient (Wildman–Crippen LogP) is 2.51. The maximum Gasteiger partial charge on any atom is 0.146 e. The molecule has 0 aromatic rings. The van der Waals surface area contributed by atoms with Crippen molar-refractivity contribution in [2.45, 2.75) is 58.4 Å². The van der Waals surface area contributed by atoms with E-state index in [9.17, 15) is 4.79 Å². The van der Waals surface area contributed by atoms with Crippen molar-refractivity contribution in [1.82, 2.24) is 0 Å². The van der Waals surface area contributed by atoms with Gasteiger partial charge in [-0.3, -0.25) is 4.79 Å². The number of nitrogens with two attached hydrogens (primary N) is 1. The van der Waals surface area contributed by atoms with Crippen LogP contribution in [-0.2, 0) is 4.79 Å². The van der Waals surface area contributed by atoms with Gasteiger partial charge in [0.2, 0.25) is 0 Å². The molecule has 0 amide bonds. The quantitative estimate of drug-likeness (QED) is 0.711. The highest BCUT2D eigenvalue weighted by Crippen LogP contribution is 2.33. The third-order valence-electron chi connectivity index (χ3n) is 3.45. The molecule has 0 saturated heterocycles. The molecule has 2 nitrogen and oxygen atoms in total. The lowest BCUT2D eigenvalue weighted by Crippen LogP contribution is -2.28. The van der Waals surface area contributed by atoms with Gasteiger partial charge in [-0.15, -0.1) is 0 Å². The van der Waals surface area contributed by atoms with E-state index in [1.807, 2.05) is 0 Å². The first-order valence-electron chi connectivity index (χ1n) is 5.85. The largest absolute Gasteiger partial charge is 0.322 e. The summed E-state index contributed by atoms with van der Waals surface area (Å²) >= 11 is 0. The standard InChI is InChI=1S/C12H23NO/c1-9(8-11-4-3-5-11)6-7-12(13)10(2)14/h9,11-12H,3-8,13H2,1-2H3/t9-,12+/m1/s1. The van der Waals surface area contributed by atoms with Crippen LogP contribution in [0.5, 0.6) is 0 Å². The van der Waals surface area contributed by atoms with Gasteiger partial charge in [-0.1, -0.05) is 26.2 Å². The van der Waals surface area contributed by atoms with E-state index in [2.05, 4.69) is 6.92 Å². The SMILES string of the molecule is CC(=O)[C@@H](N)CC[C@@H](C)CC1CCC1. The van der Waals surface area contributed by atoms with Crippen molar-refractivity contribution < 1.29 is 4.79 Å². The van der Waals surface area contributed by atoms with E-state index in [0.29, 0.717) is 0 Å². The van der Waals surface area contributed by atoms with E-state index < -0.39 is 0 Å². The van der Waals surface area contributed by atoms with Crippen molar-refractivity contribution in [3.05, 3.63) is 0 Å². The second-order valence-electron chi connectivity index (χ2n) is 4.93. The molecule has 1 aliphatic carbocycles. The fourth-order valence-electron chi connectivity index (χ4n) is 2.08. The van der Waals surface area contributed by atoms with E-state index in [0.717, 1.165) is 24.7 Å². The number of ketones is 1. The molecule has 1 saturated carbocycles. The van der Waals surface area contributed by atoms with Crippen molar-refractivity contribution >= 4 is 5.78 Å². The van der Waals surface area contributed by atoms with Crippen LogP contribution >= 0.6 is 0 Å². The van der Waals surface area contributed by atoms with Crippen LogP contribution in [-0.4, -0.2) is 11.8 Å². The summed E-state index contributed by atoms with van der Waals surface area (Å²) in [7, 11) is 0. The van der Waals surface area contributed by atoms with Crippen LogP contribution in [0.2, 0.25) is 0 Å². The van der Waals surface area contributed by atoms with Gasteiger partial charge in [0, 0.05) is 0 Å². The van der Waals surface area contributed by atoms with Crippen molar-refractivity contribution in [2.75, 3.05) is 0 Å². The molecule has 0 aliphatic heterocycles. The van der Waals surface area contributed by atoms with Gasteiger partial charge < -0.3 is 5.73 Å². The Morgan fingerprint density at radius 2 is 2.07 bits per heavy atom. The van der Waals surface area contributed by atoms with E-state index in [1.54, 1.807) is 6.92 Å². The molecule has 14 heavy (non-hydrogen) atoms. The number of carbonyl (C=O) groups is 1. The van der Waals surface area contributed by atoms with Gasteiger partial charge in [-0.2, -0.15) is 0 Å². The van der Waals surface area contributed by atoms with E-state index in [1.165, 1.54) is 25.7 Å². The number of hydrogen-bond donors (Lipinski definition) is 1. The summed E-state index contributed by atoms with van der Waals surface area (Å²) in [6, 6.07) is -0.223. The zero-order chi connectivity index (χ0) is 10.6. The molecule has 0 radical (unpaired) electrons. The first-order chi connectivity index (χ1) is 6.59. The Labute approximate surface area is 87.2 Å². The van der Waals surface area contributed by atoms with Crippen molar-refractivity contribution in [3.63, 3.8) is 0 Å². The molecule has 1 rings (SSSR count). The molecule has 0 spiro atoms. The van der Waals surface area contributed by atoms with E-state index >= 15 is 0 Å². The van der Waals surface area contributed by atoms with Crippen LogP contribution in [0.15, 0.2) is 0 Å². The van der Waals surface area contributed by atoms with Crippen molar-refractivity contribution in [1.29, 1.82) is 0 Å². The number of Topliss-reactive ketones (excluding diaryl/α,β-unsaturated/α-hetero) is 1. The number of rotatable bonds is 6. The maximum absolute atomic E-state index is 10.9. The Morgan fingerprint density at radius 3 is 2.50 bits per heavy atom. The summed E-state index contributed by atoms with van der Waals surface area (Å²) in [6.07, 6.45) is 7.57. The van der Waals surface area contributed by atoms with Crippen LogP contribution in [0.25, 0.3) is 0 Å². The fraction of sp³-hybridized carbons (Fsp3) is 0.917. The number of hydrogen-bond acceptors (Lipinski definition) is 2. The van der Waals surface area contributed by atoms with Crippen LogP contribution < -0.4 is 5.73 Å². The Hall–Kier alpha value is -0.370. The van der Waals surface area contributed by atoms with Gasteiger partial charge in [0.1, 0.15) is 5.78 Å². The van der Waals surface area contributed by atoms with Gasteiger partial charge in [0.05, 0.1) is 6.04 Å². The molecule has 2 heteroatoms. The third kappa shape index (κ3) is 3.79. The summed E-state index contributed by atoms with van der Waals surface area (Å²) in [6.45, 7) is 3.87. The molecule has 82 valence electrons. The Kier molecular flexibility index (Phi) is 4.59.